The Labute approximate surface area is 192 Å². The molecule has 9 heteroatoms. The molecule has 0 saturated carbocycles. The maximum Gasteiger partial charge on any atom is 0.573 e. The molecule has 1 heterocycles. The molecule has 0 fully saturated rings. The maximum atomic E-state index is 14.0. The molecule has 0 aliphatic carbocycles. The lowest BCUT2D eigenvalue weighted by atomic mass is 10.1. The van der Waals surface area contributed by atoms with Gasteiger partial charge in [0.05, 0.1) is 11.7 Å². The largest absolute Gasteiger partial charge is 0.573 e. The second kappa shape index (κ2) is 9.17. The van der Waals surface area contributed by atoms with Crippen molar-refractivity contribution >= 4 is 11.6 Å². The molecule has 1 aliphatic heterocycles. The monoisotopic (exact) mass is 474 g/mol. The van der Waals surface area contributed by atoms with Crippen LogP contribution in [0.15, 0.2) is 84.6 Å². The van der Waals surface area contributed by atoms with Gasteiger partial charge in [-0.2, -0.15) is 0 Å². The number of ether oxygens (including phenoxy) is 1. The number of nitrogens with one attached hydrogen (secondary N) is 1. The number of rotatable bonds is 6. The molecule has 1 aliphatic rings. The fraction of sp³-hybridized carbons (Fsp3) is 0.160. The van der Waals surface area contributed by atoms with E-state index in [0.717, 1.165) is 29.8 Å². The SMILES string of the molecule is C[C@@H](NC1=C[C@@H](c2ccc(F)c(F)c2)N(c2ccc(OC(F)(F)F)cc2)C1=O)c1ccccc1. The van der Waals surface area contributed by atoms with Crippen LogP contribution in [0.4, 0.5) is 27.6 Å². The van der Waals surface area contributed by atoms with Crippen molar-refractivity contribution in [2.24, 2.45) is 0 Å². The Bertz CT molecular complexity index is 1210. The van der Waals surface area contributed by atoms with E-state index in [1.807, 2.05) is 37.3 Å². The Morgan fingerprint density at radius 2 is 1.62 bits per heavy atom. The minimum atomic E-state index is -4.86. The number of benzene rings is 3. The average molecular weight is 474 g/mol. The van der Waals surface area contributed by atoms with Crippen LogP contribution in [0.1, 0.15) is 30.1 Å². The number of carbonyl (C=O) groups is 1. The Morgan fingerprint density at radius 3 is 2.24 bits per heavy atom. The number of hydrogen-bond donors (Lipinski definition) is 1. The molecule has 3 aromatic rings. The molecule has 0 bridgehead atoms. The van der Waals surface area contributed by atoms with Crippen LogP contribution in [-0.2, 0) is 4.79 Å². The number of anilines is 1. The lowest BCUT2D eigenvalue weighted by molar-refractivity contribution is -0.274. The van der Waals surface area contributed by atoms with Crippen LogP contribution in [0, 0.1) is 11.6 Å². The molecule has 1 N–H and O–H groups in total. The van der Waals surface area contributed by atoms with Gasteiger partial charge in [0.15, 0.2) is 11.6 Å². The van der Waals surface area contributed by atoms with Gasteiger partial charge in [0.2, 0.25) is 0 Å². The lowest BCUT2D eigenvalue weighted by Gasteiger charge is -2.26. The lowest BCUT2D eigenvalue weighted by Crippen LogP contribution is -2.33. The molecule has 2 atom stereocenters. The van der Waals surface area contributed by atoms with Crippen molar-refractivity contribution < 1.29 is 31.5 Å². The summed E-state index contributed by atoms with van der Waals surface area (Å²) >= 11 is 0. The predicted octanol–water partition coefficient (Wildman–Crippen LogP) is 6.19. The highest BCUT2D eigenvalue weighted by Gasteiger charge is 2.36. The summed E-state index contributed by atoms with van der Waals surface area (Å²) in [4.78, 5) is 14.6. The number of amides is 1. The van der Waals surface area contributed by atoms with Crippen molar-refractivity contribution in [1.82, 2.24) is 5.32 Å². The second-order valence-electron chi connectivity index (χ2n) is 7.69. The van der Waals surface area contributed by atoms with Gasteiger partial charge in [0.1, 0.15) is 5.75 Å². The smallest absolute Gasteiger partial charge is 0.406 e. The van der Waals surface area contributed by atoms with Crippen LogP contribution in [0.3, 0.4) is 0 Å². The first-order chi connectivity index (χ1) is 16.1. The van der Waals surface area contributed by atoms with Crippen LogP contribution in [-0.4, -0.2) is 12.3 Å². The fourth-order valence-corrected chi connectivity index (χ4v) is 3.76. The predicted molar refractivity (Wildman–Crippen MR) is 116 cm³/mol. The van der Waals surface area contributed by atoms with Crippen LogP contribution in [0.5, 0.6) is 5.75 Å². The zero-order valence-corrected chi connectivity index (χ0v) is 17.8. The summed E-state index contributed by atoms with van der Waals surface area (Å²) in [7, 11) is 0. The van der Waals surface area contributed by atoms with E-state index in [9.17, 15) is 26.7 Å². The average Bonchev–Trinajstić information content (AvgIpc) is 3.11. The molecule has 0 saturated heterocycles. The molecular formula is C25H19F5N2O2. The molecule has 176 valence electrons. The van der Waals surface area contributed by atoms with Gasteiger partial charge in [-0.25, -0.2) is 8.78 Å². The molecule has 1 amide bonds. The standard InChI is InChI=1S/C25H19F5N2O2/c1-15(16-5-3-2-4-6-16)31-22-14-23(17-7-12-20(26)21(27)13-17)32(24(22)33)18-8-10-19(11-9-18)34-25(28,29)30/h2-15,23,31H,1H3/t15-,23+/m1/s1. The normalized spacial score (nSPS) is 16.9. The van der Waals surface area contributed by atoms with Crippen LogP contribution in [0.25, 0.3) is 0 Å². The van der Waals surface area contributed by atoms with Gasteiger partial charge in [0.25, 0.3) is 5.91 Å². The highest BCUT2D eigenvalue weighted by Crippen LogP contribution is 2.37. The summed E-state index contributed by atoms with van der Waals surface area (Å²) < 4.78 is 68.9. The molecule has 0 spiro atoms. The van der Waals surface area contributed by atoms with Gasteiger partial charge >= 0.3 is 6.36 Å². The summed E-state index contributed by atoms with van der Waals surface area (Å²) in [6, 6.07) is 16.3. The third kappa shape index (κ3) is 5.03. The molecular weight excluding hydrogens is 455 g/mol. The zero-order valence-electron chi connectivity index (χ0n) is 17.8. The van der Waals surface area contributed by atoms with E-state index >= 15 is 0 Å². The summed E-state index contributed by atoms with van der Waals surface area (Å²) in [6.07, 6.45) is -3.28. The van der Waals surface area contributed by atoms with E-state index in [4.69, 9.17) is 0 Å². The zero-order chi connectivity index (χ0) is 24.5. The van der Waals surface area contributed by atoms with Gasteiger partial charge in [-0.3, -0.25) is 9.69 Å². The van der Waals surface area contributed by atoms with Crippen molar-refractivity contribution in [2.45, 2.75) is 25.4 Å². The number of halogens is 5. The molecule has 0 aromatic heterocycles. The number of alkyl halides is 3. The van der Waals surface area contributed by atoms with E-state index in [-0.39, 0.29) is 17.4 Å². The highest BCUT2D eigenvalue weighted by molar-refractivity contribution is 6.08. The number of hydrogen-bond acceptors (Lipinski definition) is 3. The quantitative estimate of drug-likeness (QED) is 0.434. The first kappa shape index (κ1) is 23.3. The number of carbonyl (C=O) groups excluding carboxylic acids is 1. The van der Waals surface area contributed by atoms with Crippen molar-refractivity contribution in [3.05, 3.63) is 107 Å². The molecule has 0 radical (unpaired) electrons. The number of nitrogens with zero attached hydrogens (tertiary/aromatic N) is 1. The first-order valence-corrected chi connectivity index (χ1v) is 10.3. The van der Waals surface area contributed by atoms with E-state index in [2.05, 4.69) is 10.1 Å². The summed E-state index contributed by atoms with van der Waals surface area (Å²) in [6.45, 7) is 1.86. The van der Waals surface area contributed by atoms with Crippen LogP contribution < -0.4 is 15.0 Å². The van der Waals surface area contributed by atoms with Crippen molar-refractivity contribution in [3.8, 4) is 5.75 Å². The van der Waals surface area contributed by atoms with Crippen molar-refractivity contribution in [2.75, 3.05) is 4.90 Å². The van der Waals surface area contributed by atoms with E-state index < -0.39 is 35.7 Å². The Kier molecular flexibility index (Phi) is 6.28. The Balaban J connectivity index is 1.67. The van der Waals surface area contributed by atoms with Gasteiger partial charge < -0.3 is 10.1 Å². The minimum Gasteiger partial charge on any atom is -0.406 e. The molecule has 4 rings (SSSR count). The van der Waals surface area contributed by atoms with Gasteiger partial charge in [-0.1, -0.05) is 36.4 Å². The molecule has 0 unspecified atom stereocenters. The molecule has 34 heavy (non-hydrogen) atoms. The van der Waals surface area contributed by atoms with E-state index in [1.54, 1.807) is 6.08 Å². The molecule has 4 nitrogen and oxygen atoms in total. The van der Waals surface area contributed by atoms with E-state index in [0.29, 0.717) is 5.56 Å². The topological polar surface area (TPSA) is 41.6 Å². The third-order valence-electron chi connectivity index (χ3n) is 5.36. The van der Waals surface area contributed by atoms with Gasteiger partial charge in [-0.05, 0) is 60.5 Å². The third-order valence-corrected chi connectivity index (χ3v) is 5.36. The van der Waals surface area contributed by atoms with Crippen molar-refractivity contribution in [1.29, 1.82) is 0 Å². The van der Waals surface area contributed by atoms with Gasteiger partial charge in [-0.15, -0.1) is 13.2 Å². The summed E-state index contributed by atoms with van der Waals surface area (Å²) in [5.74, 6) is -3.03. The Morgan fingerprint density at radius 1 is 0.941 bits per heavy atom. The highest BCUT2D eigenvalue weighted by atomic mass is 19.4. The van der Waals surface area contributed by atoms with Crippen molar-refractivity contribution in [3.63, 3.8) is 0 Å². The second-order valence-corrected chi connectivity index (χ2v) is 7.69. The minimum absolute atomic E-state index is 0.224. The van der Waals surface area contributed by atoms with Crippen LogP contribution in [0.2, 0.25) is 0 Å². The first-order valence-electron chi connectivity index (χ1n) is 10.3. The fourth-order valence-electron chi connectivity index (χ4n) is 3.76. The Hall–Kier alpha value is -3.88. The van der Waals surface area contributed by atoms with Gasteiger partial charge in [0, 0.05) is 11.7 Å². The van der Waals surface area contributed by atoms with Crippen LogP contribution >= 0.6 is 0 Å². The summed E-state index contributed by atoms with van der Waals surface area (Å²) in [5, 5.41) is 3.14. The summed E-state index contributed by atoms with van der Waals surface area (Å²) in [5.41, 5.74) is 1.70. The molecule has 3 aromatic carbocycles. The maximum absolute atomic E-state index is 14.0. The van der Waals surface area contributed by atoms with E-state index in [1.165, 1.54) is 23.1 Å².